The third kappa shape index (κ3) is 5.11. The van der Waals surface area contributed by atoms with Crippen molar-refractivity contribution in [3.8, 4) is 11.2 Å². The summed E-state index contributed by atoms with van der Waals surface area (Å²) in [6.45, 7) is 0. The minimum absolute atomic E-state index is 0.115. The van der Waals surface area contributed by atoms with E-state index in [1.165, 1.54) is 12.1 Å². The fraction of sp³-hybridized carbons (Fsp3) is 0.200. The maximum Gasteiger partial charge on any atom is 0.416 e. The van der Waals surface area contributed by atoms with Crippen LogP contribution < -0.4 is 0 Å². The van der Waals surface area contributed by atoms with Crippen LogP contribution in [0.2, 0.25) is 0 Å². The van der Waals surface area contributed by atoms with Crippen molar-refractivity contribution in [2.45, 2.75) is 12.6 Å². The molecule has 1 rings (SSSR count). The average molecular weight is 283 g/mol. The van der Waals surface area contributed by atoms with Gasteiger partial charge in [0.25, 0.3) is 0 Å². The van der Waals surface area contributed by atoms with Gasteiger partial charge < -0.3 is 0 Å². The van der Waals surface area contributed by atoms with Crippen molar-refractivity contribution in [2.24, 2.45) is 0 Å². The second kappa shape index (κ2) is 4.98. The van der Waals surface area contributed by atoms with Gasteiger partial charge in [-0.05, 0) is 11.6 Å². The lowest BCUT2D eigenvalue weighted by Gasteiger charge is -2.06. The van der Waals surface area contributed by atoms with Gasteiger partial charge in [0.2, 0.25) is 0 Å². The molecule has 0 saturated carbocycles. The van der Waals surface area contributed by atoms with Crippen LogP contribution in [0.25, 0.3) is 0 Å². The second-order valence-corrected chi connectivity index (χ2v) is 5.39. The highest BCUT2D eigenvalue weighted by molar-refractivity contribution is 8.17. The topological polar surface area (TPSA) is 34.1 Å². The van der Waals surface area contributed by atoms with Gasteiger partial charge in [-0.2, -0.15) is 21.6 Å². The van der Waals surface area contributed by atoms with Gasteiger partial charge in [0.1, 0.15) is 0 Å². The zero-order chi connectivity index (χ0) is 13.1. The number of hydrogen-bond donors (Lipinski definition) is 0. The Bertz CT molecular complexity index is 567. The standard InChI is InChI=1S/C10H6ClF3O2S/c11-17(15,16)6-2-4-8-3-1-5-9(7-8)10(12,13)14/h1,3,5,7H,4H2. The van der Waals surface area contributed by atoms with Crippen LogP contribution in [0.15, 0.2) is 24.3 Å². The first-order chi connectivity index (χ1) is 7.68. The summed E-state index contributed by atoms with van der Waals surface area (Å²) in [6.07, 6.45) is -4.54. The van der Waals surface area contributed by atoms with Gasteiger partial charge in [-0.15, -0.1) is 0 Å². The largest absolute Gasteiger partial charge is 0.416 e. The van der Waals surface area contributed by atoms with Gasteiger partial charge in [0, 0.05) is 22.4 Å². The lowest BCUT2D eigenvalue weighted by molar-refractivity contribution is -0.137. The summed E-state index contributed by atoms with van der Waals surface area (Å²) >= 11 is 0. The van der Waals surface area contributed by atoms with Crippen molar-refractivity contribution in [1.82, 2.24) is 0 Å². The summed E-state index contributed by atoms with van der Waals surface area (Å²) < 4.78 is 57.9. The molecule has 0 heterocycles. The molecule has 7 heteroatoms. The molecular formula is C10H6ClF3O2S. The van der Waals surface area contributed by atoms with Crippen LogP contribution in [0.4, 0.5) is 13.2 Å². The van der Waals surface area contributed by atoms with Crippen molar-refractivity contribution in [3.05, 3.63) is 35.4 Å². The maximum absolute atomic E-state index is 12.3. The summed E-state index contributed by atoms with van der Waals surface area (Å²) in [4.78, 5) is 0. The Morgan fingerprint density at radius 3 is 2.47 bits per heavy atom. The third-order valence-electron chi connectivity index (χ3n) is 1.74. The van der Waals surface area contributed by atoms with E-state index in [2.05, 4.69) is 5.92 Å². The Morgan fingerprint density at radius 1 is 1.29 bits per heavy atom. The number of benzene rings is 1. The van der Waals surface area contributed by atoms with Gasteiger partial charge >= 0.3 is 15.2 Å². The molecular weight excluding hydrogens is 277 g/mol. The van der Waals surface area contributed by atoms with Crippen molar-refractivity contribution in [2.75, 3.05) is 0 Å². The SMILES string of the molecule is O=S(=O)(Cl)C#CCc1cccc(C(F)(F)F)c1. The van der Waals surface area contributed by atoms with E-state index in [0.717, 1.165) is 12.1 Å². The number of rotatable bonds is 1. The van der Waals surface area contributed by atoms with E-state index < -0.39 is 20.8 Å². The highest BCUT2D eigenvalue weighted by Crippen LogP contribution is 2.29. The van der Waals surface area contributed by atoms with Gasteiger partial charge in [-0.1, -0.05) is 24.1 Å². The summed E-state index contributed by atoms with van der Waals surface area (Å²) in [7, 11) is 0.878. The predicted molar refractivity (Wildman–Crippen MR) is 57.7 cm³/mol. The lowest BCUT2D eigenvalue weighted by Crippen LogP contribution is -2.05. The first-order valence-electron chi connectivity index (χ1n) is 4.29. The van der Waals surface area contributed by atoms with Crippen molar-refractivity contribution in [1.29, 1.82) is 0 Å². The molecule has 0 aromatic heterocycles. The van der Waals surface area contributed by atoms with E-state index in [1.807, 2.05) is 0 Å². The van der Waals surface area contributed by atoms with E-state index in [-0.39, 0.29) is 12.0 Å². The molecule has 0 bridgehead atoms. The van der Waals surface area contributed by atoms with Crippen molar-refractivity contribution in [3.63, 3.8) is 0 Å². The molecule has 0 N–H and O–H groups in total. The summed E-state index contributed by atoms with van der Waals surface area (Å²) in [5.74, 6) is 2.18. The van der Waals surface area contributed by atoms with Crippen molar-refractivity contribution < 1.29 is 21.6 Å². The Hall–Kier alpha value is -1.19. The Labute approximate surface area is 101 Å². The smallest absolute Gasteiger partial charge is 0.198 e. The molecule has 0 amide bonds. The first-order valence-corrected chi connectivity index (χ1v) is 6.60. The molecule has 0 aliphatic rings. The fourth-order valence-electron chi connectivity index (χ4n) is 1.08. The zero-order valence-electron chi connectivity index (χ0n) is 8.25. The molecule has 0 atom stereocenters. The van der Waals surface area contributed by atoms with Gasteiger partial charge in [0.15, 0.2) is 0 Å². The minimum Gasteiger partial charge on any atom is -0.198 e. The maximum atomic E-state index is 12.3. The predicted octanol–water partition coefficient (Wildman–Crippen LogP) is 2.78. The third-order valence-corrected chi connectivity index (χ3v) is 2.36. The van der Waals surface area contributed by atoms with E-state index in [0.29, 0.717) is 0 Å². The molecule has 0 aliphatic heterocycles. The van der Waals surface area contributed by atoms with Crippen LogP contribution >= 0.6 is 10.7 Å². The van der Waals surface area contributed by atoms with Gasteiger partial charge in [0.05, 0.1) is 5.56 Å². The number of halogens is 4. The lowest BCUT2D eigenvalue weighted by atomic mass is 10.1. The molecule has 1 aromatic carbocycles. The Kier molecular flexibility index (Phi) is 4.07. The van der Waals surface area contributed by atoms with Crippen LogP contribution in [0.5, 0.6) is 0 Å². The fourth-order valence-corrected chi connectivity index (χ4v) is 1.49. The molecule has 0 aliphatic carbocycles. The summed E-state index contributed by atoms with van der Waals surface area (Å²) in [5.41, 5.74) is -0.529. The first kappa shape index (κ1) is 13.9. The molecule has 0 unspecified atom stereocenters. The van der Waals surface area contributed by atoms with E-state index >= 15 is 0 Å². The van der Waals surface area contributed by atoms with E-state index in [1.54, 1.807) is 5.25 Å². The van der Waals surface area contributed by atoms with Gasteiger partial charge in [-0.3, -0.25) is 0 Å². The van der Waals surface area contributed by atoms with Crippen LogP contribution in [0.1, 0.15) is 11.1 Å². The Morgan fingerprint density at radius 2 is 1.94 bits per heavy atom. The molecule has 0 radical (unpaired) electrons. The highest BCUT2D eigenvalue weighted by Gasteiger charge is 2.30. The van der Waals surface area contributed by atoms with Crippen LogP contribution in [-0.4, -0.2) is 8.42 Å². The van der Waals surface area contributed by atoms with Crippen LogP contribution in [0.3, 0.4) is 0 Å². The van der Waals surface area contributed by atoms with Crippen molar-refractivity contribution >= 4 is 19.7 Å². The summed E-state index contributed by atoms with van der Waals surface area (Å²) in [5, 5.41) is 1.73. The molecule has 92 valence electrons. The molecule has 0 fully saturated rings. The minimum atomic E-state index is -4.43. The van der Waals surface area contributed by atoms with E-state index in [4.69, 9.17) is 10.7 Å². The normalized spacial score (nSPS) is 11.8. The second-order valence-electron chi connectivity index (χ2n) is 3.09. The van der Waals surface area contributed by atoms with Gasteiger partial charge in [-0.25, -0.2) is 0 Å². The monoisotopic (exact) mass is 282 g/mol. The number of alkyl halides is 3. The molecule has 0 spiro atoms. The average Bonchev–Trinajstić information content (AvgIpc) is 2.15. The van der Waals surface area contributed by atoms with Crippen LogP contribution in [0, 0.1) is 11.2 Å². The number of hydrogen-bond acceptors (Lipinski definition) is 2. The molecule has 2 nitrogen and oxygen atoms in total. The summed E-state index contributed by atoms with van der Waals surface area (Å²) in [6, 6.07) is 4.49. The Balaban J connectivity index is 2.90. The van der Waals surface area contributed by atoms with E-state index in [9.17, 15) is 21.6 Å². The molecule has 1 aromatic rings. The highest BCUT2D eigenvalue weighted by atomic mass is 35.7. The quantitative estimate of drug-likeness (QED) is 0.586. The van der Waals surface area contributed by atoms with Crippen LogP contribution in [-0.2, 0) is 21.6 Å². The zero-order valence-corrected chi connectivity index (χ0v) is 9.83. The molecule has 0 saturated heterocycles. The molecule has 17 heavy (non-hydrogen) atoms.